The molecule has 0 aliphatic carbocycles. The number of hydrogen-bond acceptors (Lipinski definition) is 7. The van der Waals surface area contributed by atoms with E-state index in [0.717, 1.165) is 13.6 Å². The van der Waals surface area contributed by atoms with Crippen LogP contribution in [0.2, 0.25) is 5.02 Å². The van der Waals surface area contributed by atoms with Gasteiger partial charge in [-0.05, 0) is 65.4 Å². The lowest BCUT2D eigenvalue weighted by Crippen LogP contribution is -2.06. The Morgan fingerprint density at radius 2 is 1.97 bits per heavy atom. The molecule has 0 radical (unpaired) electrons. The molecule has 1 aliphatic rings. The van der Waals surface area contributed by atoms with Crippen molar-refractivity contribution in [3.05, 3.63) is 100 Å². The van der Waals surface area contributed by atoms with Crippen molar-refractivity contribution in [3.63, 3.8) is 0 Å². The Morgan fingerprint density at radius 1 is 1.19 bits per heavy atom. The Kier molecular flexibility index (Phi) is 8.27. The van der Waals surface area contributed by atoms with Crippen molar-refractivity contribution < 1.29 is 23.9 Å². The van der Waals surface area contributed by atoms with E-state index in [4.69, 9.17) is 25.8 Å². The quantitative estimate of drug-likeness (QED) is 0.0839. The lowest BCUT2D eigenvalue weighted by Gasteiger charge is -2.15. The van der Waals surface area contributed by atoms with Gasteiger partial charge in [-0.25, -0.2) is 9.79 Å². The molecule has 8 nitrogen and oxygen atoms in total. The molecular weight excluding hydrogens is 667 g/mol. The number of carbonyl (C=O) groups is 1. The highest BCUT2D eigenvalue weighted by Crippen LogP contribution is 2.36. The van der Waals surface area contributed by atoms with E-state index in [-0.39, 0.29) is 27.9 Å². The molecule has 0 bridgehead atoms. The Bertz CT molecular complexity index is 1430. The number of nitrogens with zero attached hydrogens (tertiary/aromatic N) is 2. The molecule has 0 N–H and O–H groups in total. The fraction of sp³-hybridized carbons (Fsp3) is 0.120. The third-order valence-electron chi connectivity index (χ3n) is 4.98. The second-order valence-corrected chi connectivity index (χ2v) is 9.82. The van der Waals surface area contributed by atoms with Crippen LogP contribution in [0.5, 0.6) is 11.5 Å². The summed E-state index contributed by atoms with van der Waals surface area (Å²) in [4.78, 5) is 27.1. The molecule has 0 spiro atoms. The summed E-state index contributed by atoms with van der Waals surface area (Å²) in [6, 6.07) is 15.2. The third kappa shape index (κ3) is 5.88. The molecule has 0 atom stereocenters. The van der Waals surface area contributed by atoms with E-state index in [2.05, 4.69) is 43.5 Å². The Hall–Kier alpha value is -2.96. The van der Waals surface area contributed by atoms with Gasteiger partial charge < -0.3 is 14.2 Å². The van der Waals surface area contributed by atoms with E-state index in [1.54, 1.807) is 12.1 Å². The van der Waals surface area contributed by atoms with E-state index in [1.807, 2.05) is 37.3 Å². The summed E-state index contributed by atoms with van der Waals surface area (Å²) in [7, 11) is 0. The summed E-state index contributed by atoms with van der Waals surface area (Å²) in [6.45, 7) is 2.63. The zero-order valence-electron chi connectivity index (χ0n) is 18.7. The SMILES string of the molecule is CCOc1cc(/C=C2\N=C(c3ccc([N+](=O)[O-])cc3Cl)OC2=O)cc(I)c1OCc1ccccc1Br. The third-order valence-corrected chi connectivity index (χ3v) is 6.87. The van der Waals surface area contributed by atoms with Gasteiger partial charge in [0.15, 0.2) is 17.2 Å². The molecule has 0 fully saturated rings. The highest BCUT2D eigenvalue weighted by Gasteiger charge is 2.27. The van der Waals surface area contributed by atoms with E-state index < -0.39 is 10.9 Å². The maximum absolute atomic E-state index is 12.5. The predicted octanol–water partition coefficient (Wildman–Crippen LogP) is 6.94. The molecule has 3 aromatic carbocycles. The van der Waals surface area contributed by atoms with Crippen LogP contribution in [0, 0.1) is 13.7 Å². The van der Waals surface area contributed by atoms with Gasteiger partial charge >= 0.3 is 5.97 Å². The fourth-order valence-electron chi connectivity index (χ4n) is 3.31. The van der Waals surface area contributed by atoms with Crippen LogP contribution in [-0.4, -0.2) is 23.4 Å². The van der Waals surface area contributed by atoms with Gasteiger partial charge in [0.1, 0.15) is 6.61 Å². The number of rotatable bonds is 8. The summed E-state index contributed by atoms with van der Waals surface area (Å²) in [5.74, 6) is 0.421. The minimum Gasteiger partial charge on any atom is -0.490 e. The smallest absolute Gasteiger partial charge is 0.363 e. The molecule has 3 aromatic rings. The summed E-state index contributed by atoms with van der Waals surface area (Å²) < 4.78 is 18.9. The molecule has 0 unspecified atom stereocenters. The maximum Gasteiger partial charge on any atom is 0.363 e. The molecule has 0 aromatic heterocycles. The number of esters is 1. The van der Waals surface area contributed by atoms with Crippen LogP contribution in [0.15, 0.2) is 69.8 Å². The molecule has 11 heteroatoms. The van der Waals surface area contributed by atoms with Gasteiger partial charge in [-0.2, -0.15) is 0 Å². The van der Waals surface area contributed by atoms with Crippen LogP contribution in [-0.2, 0) is 16.1 Å². The minimum absolute atomic E-state index is 0.0285. The van der Waals surface area contributed by atoms with Crippen LogP contribution in [0.1, 0.15) is 23.6 Å². The fourth-order valence-corrected chi connectivity index (χ4v) is 4.75. The van der Waals surface area contributed by atoms with Crippen molar-refractivity contribution in [1.29, 1.82) is 0 Å². The van der Waals surface area contributed by atoms with E-state index >= 15 is 0 Å². The van der Waals surface area contributed by atoms with Gasteiger partial charge in [-0.3, -0.25) is 10.1 Å². The Morgan fingerprint density at radius 3 is 2.67 bits per heavy atom. The number of non-ortho nitro benzene ring substituents is 1. The summed E-state index contributed by atoms with van der Waals surface area (Å²) in [6.07, 6.45) is 1.57. The molecule has 184 valence electrons. The van der Waals surface area contributed by atoms with Gasteiger partial charge in [-0.15, -0.1) is 0 Å². The lowest BCUT2D eigenvalue weighted by molar-refractivity contribution is -0.384. The van der Waals surface area contributed by atoms with Crippen molar-refractivity contribution in [2.45, 2.75) is 13.5 Å². The number of hydrogen-bond donors (Lipinski definition) is 0. The minimum atomic E-state index is -0.665. The van der Waals surface area contributed by atoms with Gasteiger partial charge in [0.25, 0.3) is 5.69 Å². The van der Waals surface area contributed by atoms with Crippen molar-refractivity contribution in [3.8, 4) is 11.5 Å². The van der Waals surface area contributed by atoms with Crippen LogP contribution in [0.25, 0.3) is 6.08 Å². The van der Waals surface area contributed by atoms with Crippen LogP contribution < -0.4 is 9.47 Å². The van der Waals surface area contributed by atoms with E-state index in [1.165, 1.54) is 18.2 Å². The first kappa shape index (κ1) is 26.1. The maximum atomic E-state index is 12.5. The van der Waals surface area contributed by atoms with Gasteiger partial charge in [0.2, 0.25) is 5.90 Å². The van der Waals surface area contributed by atoms with Crippen molar-refractivity contribution >= 4 is 73.8 Å². The Balaban J connectivity index is 1.63. The Labute approximate surface area is 233 Å². The molecule has 1 aliphatic heterocycles. The van der Waals surface area contributed by atoms with Crippen LogP contribution in [0.4, 0.5) is 5.69 Å². The lowest BCUT2D eigenvalue weighted by atomic mass is 10.1. The molecule has 1 heterocycles. The number of cyclic esters (lactones) is 1. The second kappa shape index (κ2) is 11.4. The normalized spacial score (nSPS) is 13.9. The molecule has 0 saturated carbocycles. The first-order valence-corrected chi connectivity index (χ1v) is 12.8. The van der Waals surface area contributed by atoms with Crippen molar-refractivity contribution in [2.24, 2.45) is 4.99 Å². The average molecular weight is 684 g/mol. The van der Waals surface area contributed by atoms with Crippen LogP contribution in [0.3, 0.4) is 0 Å². The number of benzene rings is 3. The van der Waals surface area contributed by atoms with Gasteiger partial charge in [0.05, 0.1) is 25.7 Å². The summed E-state index contributed by atoms with van der Waals surface area (Å²) in [5, 5.41) is 11.0. The zero-order chi connectivity index (χ0) is 25.8. The number of halogens is 3. The second-order valence-electron chi connectivity index (χ2n) is 7.40. The van der Waals surface area contributed by atoms with Gasteiger partial charge in [-0.1, -0.05) is 45.7 Å². The number of aliphatic imine (C=N–C) groups is 1. The molecule has 36 heavy (non-hydrogen) atoms. The topological polar surface area (TPSA) is 100 Å². The predicted molar refractivity (Wildman–Crippen MR) is 148 cm³/mol. The molecule has 0 amide bonds. The number of ether oxygens (including phenoxy) is 3. The van der Waals surface area contributed by atoms with Gasteiger partial charge in [0, 0.05) is 22.2 Å². The largest absolute Gasteiger partial charge is 0.490 e. The highest BCUT2D eigenvalue weighted by molar-refractivity contribution is 14.1. The van der Waals surface area contributed by atoms with E-state index in [0.29, 0.717) is 30.3 Å². The number of carbonyl (C=O) groups excluding carboxylic acids is 1. The first-order valence-electron chi connectivity index (χ1n) is 10.6. The summed E-state index contributed by atoms with van der Waals surface area (Å²) >= 11 is 11.8. The molecule has 0 saturated heterocycles. The zero-order valence-corrected chi connectivity index (χ0v) is 23.2. The highest BCUT2D eigenvalue weighted by atomic mass is 127. The standard InChI is InChI=1S/C25H17BrClIN2O6/c1-2-34-22-11-14(9-20(28)23(22)35-13-15-5-3-4-6-18(15)26)10-21-25(31)36-24(29-21)17-8-7-16(30(32)33)12-19(17)27/h3-12H,2,13H2,1H3/b21-10-. The van der Waals surface area contributed by atoms with Crippen molar-refractivity contribution in [2.75, 3.05) is 6.61 Å². The van der Waals surface area contributed by atoms with E-state index in [9.17, 15) is 14.9 Å². The van der Waals surface area contributed by atoms with Crippen LogP contribution >= 0.6 is 50.1 Å². The average Bonchev–Trinajstić information content (AvgIpc) is 3.19. The number of nitro benzene ring substituents is 1. The monoisotopic (exact) mass is 682 g/mol. The summed E-state index contributed by atoms with van der Waals surface area (Å²) in [5.41, 5.74) is 1.80. The van der Waals surface area contributed by atoms with Crippen molar-refractivity contribution in [1.82, 2.24) is 0 Å². The first-order chi connectivity index (χ1) is 17.3. The molecule has 4 rings (SSSR count). The molecular formula is C25H17BrClIN2O6. The number of nitro groups is 1.